The predicted molar refractivity (Wildman–Crippen MR) is 65.3 cm³/mol. The first-order valence-electron chi connectivity index (χ1n) is 5.72. The normalized spacial score (nSPS) is 11.4. The van der Waals surface area contributed by atoms with Gasteiger partial charge < -0.3 is 5.73 Å². The summed E-state index contributed by atoms with van der Waals surface area (Å²) in [6.07, 6.45) is 6.78. The second kappa shape index (κ2) is 5.10. The number of unbranched alkanes of at least 4 members (excludes halogenated alkanes) is 1. The SMILES string of the molecule is CCCCC(C)(C)c1cncc(C(N)=O)c1. The molecular weight excluding hydrogens is 200 g/mol. The maximum absolute atomic E-state index is 11.1. The molecule has 0 aliphatic heterocycles. The van der Waals surface area contributed by atoms with Crippen LogP contribution >= 0.6 is 0 Å². The quantitative estimate of drug-likeness (QED) is 0.829. The van der Waals surface area contributed by atoms with Crippen LogP contribution in [0.1, 0.15) is 56.0 Å². The molecule has 88 valence electrons. The van der Waals surface area contributed by atoms with E-state index < -0.39 is 5.91 Å². The molecule has 0 saturated heterocycles. The van der Waals surface area contributed by atoms with Crippen LogP contribution < -0.4 is 5.73 Å². The Labute approximate surface area is 97.1 Å². The molecule has 1 aromatic heterocycles. The fourth-order valence-electron chi connectivity index (χ4n) is 1.71. The molecule has 0 aliphatic carbocycles. The Morgan fingerprint density at radius 3 is 2.69 bits per heavy atom. The van der Waals surface area contributed by atoms with Gasteiger partial charge in [0.25, 0.3) is 0 Å². The molecular formula is C13H20N2O. The molecule has 16 heavy (non-hydrogen) atoms. The second-order valence-electron chi connectivity index (χ2n) is 4.81. The first-order chi connectivity index (χ1) is 7.47. The zero-order valence-electron chi connectivity index (χ0n) is 10.3. The highest BCUT2D eigenvalue weighted by Crippen LogP contribution is 2.28. The van der Waals surface area contributed by atoms with E-state index >= 15 is 0 Å². The topological polar surface area (TPSA) is 56.0 Å². The van der Waals surface area contributed by atoms with Crippen molar-refractivity contribution < 1.29 is 4.79 Å². The van der Waals surface area contributed by atoms with Gasteiger partial charge in [0, 0.05) is 12.4 Å². The van der Waals surface area contributed by atoms with Gasteiger partial charge in [0.05, 0.1) is 5.56 Å². The summed E-state index contributed by atoms with van der Waals surface area (Å²) < 4.78 is 0. The Kier molecular flexibility index (Phi) is 4.05. The Balaban J connectivity index is 2.94. The smallest absolute Gasteiger partial charge is 0.250 e. The van der Waals surface area contributed by atoms with E-state index in [-0.39, 0.29) is 5.41 Å². The average Bonchev–Trinajstić information content (AvgIpc) is 2.26. The number of carbonyl (C=O) groups is 1. The Hall–Kier alpha value is -1.38. The van der Waals surface area contributed by atoms with E-state index in [0.717, 1.165) is 12.0 Å². The van der Waals surface area contributed by atoms with E-state index in [2.05, 4.69) is 25.8 Å². The fourth-order valence-corrected chi connectivity index (χ4v) is 1.71. The molecule has 0 fully saturated rings. The van der Waals surface area contributed by atoms with E-state index in [9.17, 15) is 4.79 Å². The highest BCUT2D eigenvalue weighted by atomic mass is 16.1. The first kappa shape index (κ1) is 12.7. The number of carbonyl (C=O) groups excluding carboxylic acids is 1. The molecule has 0 spiro atoms. The maximum Gasteiger partial charge on any atom is 0.250 e. The largest absolute Gasteiger partial charge is 0.366 e. The molecule has 0 radical (unpaired) electrons. The summed E-state index contributed by atoms with van der Waals surface area (Å²) in [5.41, 5.74) is 6.87. The molecule has 1 heterocycles. The van der Waals surface area contributed by atoms with E-state index in [0.29, 0.717) is 5.56 Å². The van der Waals surface area contributed by atoms with Crippen LogP contribution in [0.2, 0.25) is 0 Å². The summed E-state index contributed by atoms with van der Waals surface area (Å²) in [6.45, 7) is 6.52. The standard InChI is InChI=1S/C13H20N2O/c1-4-5-6-13(2,3)11-7-10(12(14)16)8-15-9-11/h7-9H,4-6H2,1-3H3,(H2,14,16). The molecule has 1 amide bonds. The summed E-state index contributed by atoms with van der Waals surface area (Å²) in [7, 11) is 0. The number of primary amides is 1. The third kappa shape index (κ3) is 3.05. The lowest BCUT2D eigenvalue weighted by molar-refractivity contribution is 0.1000. The molecule has 3 heteroatoms. The predicted octanol–water partition coefficient (Wildman–Crippen LogP) is 2.65. The lowest BCUT2D eigenvalue weighted by atomic mass is 9.80. The molecule has 0 bridgehead atoms. The van der Waals surface area contributed by atoms with Crippen molar-refractivity contribution in [2.75, 3.05) is 0 Å². The highest BCUT2D eigenvalue weighted by Gasteiger charge is 2.21. The van der Waals surface area contributed by atoms with Crippen LogP contribution in [0.4, 0.5) is 0 Å². The number of aromatic nitrogens is 1. The molecule has 1 aromatic rings. The van der Waals surface area contributed by atoms with Crippen LogP contribution in [-0.4, -0.2) is 10.9 Å². The van der Waals surface area contributed by atoms with Gasteiger partial charge in [-0.05, 0) is 23.5 Å². The van der Waals surface area contributed by atoms with E-state index in [4.69, 9.17) is 5.73 Å². The van der Waals surface area contributed by atoms with E-state index in [1.165, 1.54) is 19.0 Å². The minimum atomic E-state index is -0.416. The molecule has 0 atom stereocenters. The van der Waals surface area contributed by atoms with Gasteiger partial charge in [0.2, 0.25) is 5.91 Å². The Bertz CT molecular complexity index is 372. The van der Waals surface area contributed by atoms with Crippen LogP contribution in [0.25, 0.3) is 0 Å². The van der Waals surface area contributed by atoms with Gasteiger partial charge in [-0.1, -0.05) is 33.6 Å². The van der Waals surface area contributed by atoms with Gasteiger partial charge in [-0.25, -0.2) is 0 Å². The van der Waals surface area contributed by atoms with Crippen molar-refractivity contribution in [2.45, 2.75) is 45.4 Å². The summed E-state index contributed by atoms with van der Waals surface area (Å²) in [5, 5.41) is 0. The van der Waals surface area contributed by atoms with Crippen LogP contribution in [-0.2, 0) is 5.41 Å². The summed E-state index contributed by atoms with van der Waals surface area (Å²) >= 11 is 0. The molecule has 0 saturated carbocycles. The first-order valence-corrected chi connectivity index (χ1v) is 5.72. The van der Waals surface area contributed by atoms with Crippen molar-refractivity contribution in [1.29, 1.82) is 0 Å². The van der Waals surface area contributed by atoms with Crippen molar-refractivity contribution in [3.8, 4) is 0 Å². The number of nitrogens with zero attached hydrogens (tertiary/aromatic N) is 1. The van der Waals surface area contributed by atoms with Crippen molar-refractivity contribution in [1.82, 2.24) is 4.98 Å². The maximum atomic E-state index is 11.1. The van der Waals surface area contributed by atoms with Crippen molar-refractivity contribution >= 4 is 5.91 Å². The number of hydrogen-bond acceptors (Lipinski definition) is 2. The third-order valence-electron chi connectivity index (χ3n) is 2.96. The van der Waals surface area contributed by atoms with Crippen molar-refractivity contribution in [3.05, 3.63) is 29.6 Å². The van der Waals surface area contributed by atoms with Crippen LogP contribution in [0.3, 0.4) is 0 Å². The number of pyridine rings is 1. The molecule has 0 aliphatic rings. The van der Waals surface area contributed by atoms with Gasteiger partial charge in [0.1, 0.15) is 0 Å². The lowest BCUT2D eigenvalue weighted by Crippen LogP contribution is -2.19. The van der Waals surface area contributed by atoms with Crippen LogP contribution in [0.5, 0.6) is 0 Å². The molecule has 1 rings (SSSR count). The number of nitrogens with two attached hydrogens (primary N) is 1. The molecule has 0 aromatic carbocycles. The highest BCUT2D eigenvalue weighted by molar-refractivity contribution is 5.92. The van der Waals surface area contributed by atoms with Crippen molar-refractivity contribution in [3.63, 3.8) is 0 Å². The second-order valence-corrected chi connectivity index (χ2v) is 4.81. The summed E-state index contributed by atoms with van der Waals surface area (Å²) in [4.78, 5) is 15.2. The number of amides is 1. The Morgan fingerprint density at radius 1 is 1.44 bits per heavy atom. The monoisotopic (exact) mass is 220 g/mol. The lowest BCUT2D eigenvalue weighted by Gasteiger charge is -2.25. The summed E-state index contributed by atoms with van der Waals surface area (Å²) in [6, 6.07) is 1.85. The van der Waals surface area contributed by atoms with Crippen LogP contribution in [0, 0.1) is 0 Å². The van der Waals surface area contributed by atoms with Crippen LogP contribution in [0.15, 0.2) is 18.5 Å². The number of rotatable bonds is 5. The molecule has 3 nitrogen and oxygen atoms in total. The van der Waals surface area contributed by atoms with E-state index in [1.54, 1.807) is 0 Å². The average molecular weight is 220 g/mol. The van der Waals surface area contributed by atoms with Gasteiger partial charge in [-0.15, -0.1) is 0 Å². The number of hydrogen-bond donors (Lipinski definition) is 1. The minimum absolute atomic E-state index is 0.0501. The summed E-state index contributed by atoms with van der Waals surface area (Å²) in [5.74, 6) is -0.416. The van der Waals surface area contributed by atoms with E-state index in [1.807, 2.05) is 12.3 Å². The Morgan fingerprint density at radius 2 is 2.12 bits per heavy atom. The van der Waals surface area contributed by atoms with Gasteiger partial charge in [0.15, 0.2) is 0 Å². The van der Waals surface area contributed by atoms with Gasteiger partial charge >= 0.3 is 0 Å². The zero-order chi connectivity index (χ0) is 12.2. The zero-order valence-corrected chi connectivity index (χ0v) is 10.3. The molecule has 0 unspecified atom stereocenters. The van der Waals surface area contributed by atoms with Gasteiger partial charge in [-0.3, -0.25) is 9.78 Å². The third-order valence-corrected chi connectivity index (χ3v) is 2.96. The molecule has 2 N–H and O–H groups in total. The fraction of sp³-hybridized carbons (Fsp3) is 0.538. The van der Waals surface area contributed by atoms with Gasteiger partial charge in [-0.2, -0.15) is 0 Å². The minimum Gasteiger partial charge on any atom is -0.366 e. The van der Waals surface area contributed by atoms with Crippen molar-refractivity contribution in [2.24, 2.45) is 5.73 Å².